The molecule has 2 atom stereocenters. The van der Waals surface area contributed by atoms with E-state index in [0.717, 1.165) is 31.2 Å². The van der Waals surface area contributed by atoms with Crippen LogP contribution in [-0.4, -0.2) is 28.1 Å². The van der Waals surface area contributed by atoms with E-state index < -0.39 is 0 Å². The number of aromatic nitrogens is 1. The molecular formula is C16H18N2O2. The molecule has 20 heavy (non-hydrogen) atoms. The summed E-state index contributed by atoms with van der Waals surface area (Å²) in [6.45, 7) is 3.47. The van der Waals surface area contributed by atoms with E-state index in [1.165, 1.54) is 11.8 Å². The van der Waals surface area contributed by atoms with Gasteiger partial charge in [0, 0.05) is 18.4 Å². The lowest BCUT2D eigenvalue weighted by Crippen LogP contribution is -2.40. The molecule has 2 aliphatic rings. The monoisotopic (exact) mass is 270 g/mol. The Labute approximate surface area is 118 Å². The topological polar surface area (TPSA) is 42.4 Å². The maximum atomic E-state index is 12.2. The Morgan fingerprint density at radius 3 is 2.90 bits per heavy atom. The minimum absolute atomic E-state index is 0.109. The van der Waals surface area contributed by atoms with E-state index in [4.69, 9.17) is 4.74 Å². The van der Waals surface area contributed by atoms with Gasteiger partial charge in [-0.2, -0.15) is 0 Å². The highest BCUT2D eigenvalue weighted by Crippen LogP contribution is 2.39. The van der Waals surface area contributed by atoms with Gasteiger partial charge in [0.15, 0.2) is 0 Å². The lowest BCUT2D eigenvalue weighted by molar-refractivity contribution is 0.123. The fourth-order valence-electron chi connectivity index (χ4n) is 3.30. The van der Waals surface area contributed by atoms with Crippen LogP contribution in [0.3, 0.4) is 0 Å². The molecule has 3 rings (SSSR count). The number of carbonyl (C=O) groups excluding carboxylic acids is 1. The summed E-state index contributed by atoms with van der Waals surface area (Å²) < 4.78 is 5.01. The zero-order valence-corrected chi connectivity index (χ0v) is 11.4. The summed E-state index contributed by atoms with van der Waals surface area (Å²) in [5, 5.41) is 0. The van der Waals surface area contributed by atoms with Crippen molar-refractivity contribution in [3.63, 3.8) is 0 Å². The summed E-state index contributed by atoms with van der Waals surface area (Å²) in [6.07, 6.45) is 10.8. The van der Waals surface area contributed by atoms with Crippen molar-refractivity contribution in [3.8, 4) is 0 Å². The van der Waals surface area contributed by atoms with E-state index in [9.17, 15) is 4.79 Å². The minimum Gasteiger partial charge on any atom is -0.419 e. The first-order valence-electron chi connectivity index (χ1n) is 7.01. The third-order valence-electron chi connectivity index (χ3n) is 4.13. The number of hydrogen-bond acceptors (Lipinski definition) is 3. The molecular weight excluding hydrogens is 252 g/mol. The number of ether oxygens (including phenoxy) is 1. The third-order valence-corrected chi connectivity index (χ3v) is 4.13. The van der Waals surface area contributed by atoms with Gasteiger partial charge in [-0.05, 0) is 49.0 Å². The Bertz CT molecular complexity index is 539. The van der Waals surface area contributed by atoms with Crippen molar-refractivity contribution in [2.75, 3.05) is 0 Å². The molecule has 1 amide bonds. The Balaban J connectivity index is 1.94. The molecule has 4 heteroatoms. The van der Waals surface area contributed by atoms with Crippen LogP contribution in [0.2, 0.25) is 0 Å². The van der Waals surface area contributed by atoms with E-state index >= 15 is 0 Å². The van der Waals surface area contributed by atoms with Gasteiger partial charge >= 0.3 is 6.09 Å². The van der Waals surface area contributed by atoms with E-state index in [1.54, 1.807) is 12.4 Å². The number of nitrogens with zero attached hydrogens (tertiary/aromatic N) is 2. The van der Waals surface area contributed by atoms with E-state index in [-0.39, 0.29) is 18.2 Å². The zero-order chi connectivity index (χ0) is 13.9. The molecule has 4 nitrogen and oxygen atoms in total. The molecule has 1 fully saturated rings. The van der Waals surface area contributed by atoms with Gasteiger partial charge in [0.1, 0.15) is 0 Å². The standard InChI is InChI=1S/C16H18N2O2/c1-2-20-16(19)18-13-4-3-5-14(15(18)7-6-13)12-8-10-17-11-9-12/h2,5,8-11,13,15H,1,3-4,6-7H2. The number of carbonyl (C=O) groups is 1. The molecule has 2 aliphatic heterocycles. The average Bonchev–Trinajstić information content (AvgIpc) is 2.77. The van der Waals surface area contributed by atoms with Crippen molar-refractivity contribution in [3.05, 3.63) is 49.0 Å². The van der Waals surface area contributed by atoms with Gasteiger partial charge in [-0.1, -0.05) is 12.7 Å². The molecule has 0 aliphatic carbocycles. The zero-order valence-electron chi connectivity index (χ0n) is 11.4. The summed E-state index contributed by atoms with van der Waals surface area (Å²) in [4.78, 5) is 18.1. The van der Waals surface area contributed by atoms with Crippen LogP contribution in [0.5, 0.6) is 0 Å². The van der Waals surface area contributed by atoms with E-state index in [0.29, 0.717) is 0 Å². The fraction of sp³-hybridized carbons (Fsp3) is 0.375. The highest BCUT2D eigenvalue weighted by molar-refractivity contribution is 5.78. The molecule has 3 heterocycles. The molecule has 0 saturated carbocycles. The quantitative estimate of drug-likeness (QED) is 0.774. The van der Waals surface area contributed by atoms with Crippen molar-refractivity contribution in [1.29, 1.82) is 0 Å². The van der Waals surface area contributed by atoms with E-state index in [2.05, 4.69) is 17.6 Å². The van der Waals surface area contributed by atoms with Gasteiger partial charge in [-0.25, -0.2) is 4.79 Å². The maximum absolute atomic E-state index is 12.2. The SMILES string of the molecule is C=COC(=O)N1C2CCC=C(c3ccncc3)C1CC2. The van der Waals surface area contributed by atoms with Crippen LogP contribution in [0.4, 0.5) is 4.79 Å². The Kier molecular flexibility index (Phi) is 3.54. The van der Waals surface area contributed by atoms with Gasteiger partial charge < -0.3 is 4.74 Å². The van der Waals surface area contributed by atoms with Gasteiger partial charge in [0.25, 0.3) is 0 Å². The van der Waals surface area contributed by atoms with Crippen LogP contribution in [0.15, 0.2) is 43.4 Å². The normalized spacial score (nSPS) is 24.8. The first-order valence-corrected chi connectivity index (χ1v) is 7.01. The molecule has 0 aromatic carbocycles. The lowest BCUT2D eigenvalue weighted by atomic mass is 9.95. The molecule has 2 bridgehead atoms. The van der Waals surface area contributed by atoms with Crippen molar-refractivity contribution >= 4 is 11.7 Å². The Hall–Kier alpha value is -2.10. The number of pyridine rings is 1. The summed E-state index contributed by atoms with van der Waals surface area (Å²) in [7, 11) is 0. The number of allylic oxidation sites excluding steroid dienone is 1. The van der Waals surface area contributed by atoms with Crippen molar-refractivity contribution in [2.45, 2.75) is 37.8 Å². The summed E-state index contributed by atoms with van der Waals surface area (Å²) in [5.41, 5.74) is 2.36. The van der Waals surface area contributed by atoms with Crippen LogP contribution in [0, 0.1) is 0 Å². The smallest absolute Gasteiger partial charge is 0.415 e. The van der Waals surface area contributed by atoms with Gasteiger partial charge in [0.2, 0.25) is 0 Å². The van der Waals surface area contributed by atoms with Gasteiger partial charge in [-0.3, -0.25) is 9.88 Å². The van der Waals surface area contributed by atoms with Crippen LogP contribution in [-0.2, 0) is 4.74 Å². The summed E-state index contributed by atoms with van der Waals surface area (Å²) in [5.74, 6) is 0. The fourth-order valence-corrected chi connectivity index (χ4v) is 3.30. The molecule has 0 radical (unpaired) electrons. The highest BCUT2D eigenvalue weighted by atomic mass is 16.5. The maximum Gasteiger partial charge on any atom is 0.415 e. The third kappa shape index (κ3) is 2.22. The van der Waals surface area contributed by atoms with Crippen molar-refractivity contribution < 1.29 is 9.53 Å². The minimum atomic E-state index is -0.283. The molecule has 1 aromatic heterocycles. The van der Waals surface area contributed by atoms with Crippen molar-refractivity contribution in [1.82, 2.24) is 9.88 Å². The van der Waals surface area contributed by atoms with E-state index in [1.807, 2.05) is 17.0 Å². The number of hydrogen-bond donors (Lipinski definition) is 0. The Morgan fingerprint density at radius 1 is 1.35 bits per heavy atom. The van der Waals surface area contributed by atoms with Gasteiger partial charge in [-0.15, -0.1) is 0 Å². The molecule has 0 spiro atoms. The first-order chi connectivity index (χ1) is 9.81. The van der Waals surface area contributed by atoms with Crippen LogP contribution in [0.25, 0.3) is 5.57 Å². The Morgan fingerprint density at radius 2 is 2.15 bits per heavy atom. The summed E-state index contributed by atoms with van der Waals surface area (Å²) in [6, 6.07) is 4.39. The number of fused-ring (bicyclic) bond motifs is 2. The van der Waals surface area contributed by atoms with Crippen LogP contribution >= 0.6 is 0 Å². The number of rotatable bonds is 2. The molecule has 2 unspecified atom stereocenters. The second-order valence-corrected chi connectivity index (χ2v) is 5.18. The predicted molar refractivity (Wildman–Crippen MR) is 76.8 cm³/mol. The van der Waals surface area contributed by atoms with Crippen molar-refractivity contribution in [2.24, 2.45) is 0 Å². The van der Waals surface area contributed by atoms with Gasteiger partial charge in [0.05, 0.1) is 12.3 Å². The number of amides is 1. The predicted octanol–water partition coefficient (Wildman–Crippen LogP) is 3.37. The van der Waals surface area contributed by atoms with Crippen LogP contribution in [0.1, 0.15) is 31.2 Å². The van der Waals surface area contributed by atoms with Crippen LogP contribution < -0.4 is 0 Å². The molecule has 0 N–H and O–H groups in total. The lowest BCUT2D eigenvalue weighted by Gasteiger charge is -2.28. The second-order valence-electron chi connectivity index (χ2n) is 5.18. The molecule has 1 saturated heterocycles. The average molecular weight is 270 g/mol. The highest BCUT2D eigenvalue weighted by Gasteiger charge is 2.40. The first kappa shape index (κ1) is 12.9. The molecule has 104 valence electrons. The largest absolute Gasteiger partial charge is 0.419 e. The molecule has 1 aromatic rings. The summed E-state index contributed by atoms with van der Waals surface area (Å²) >= 11 is 0. The second kappa shape index (κ2) is 5.49.